The van der Waals surface area contributed by atoms with Gasteiger partial charge in [-0.05, 0) is 24.3 Å². The molecular formula is C22H16B2F4N4O3. The number of nitrogens with zero attached hydrogens (tertiary/aromatic N) is 4. The molecule has 4 radical (unpaired) electrons. The third-order valence-corrected chi connectivity index (χ3v) is 5.62. The van der Waals surface area contributed by atoms with Gasteiger partial charge in [-0.15, -0.1) is 0 Å². The predicted molar refractivity (Wildman–Crippen MR) is 120 cm³/mol. The SMILES string of the molecule is [B]C1([B])COCCN(C(=O)c2cc3c(cn2)c(-c2coc4ccc(F)cc24)nn3CC(F)(F)F)C1. The highest BCUT2D eigenvalue weighted by atomic mass is 19.4. The van der Waals surface area contributed by atoms with E-state index in [1.165, 1.54) is 41.6 Å². The number of furan rings is 1. The van der Waals surface area contributed by atoms with Crippen molar-refractivity contribution >= 4 is 43.5 Å². The zero-order valence-electron chi connectivity index (χ0n) is 18.2. The first kappa shape index (κ1) is 23.4. The van der Waals surface area contributed by atoms with Gasteiger partial charge in [0.15, 0.2) is 0 Å². The molecule has 0 N–H and O–H groups in total. The summed E-state index contributed by atoms with van der Waals surface area (Å²) < 4.78 is 65.4. The Morgan fingerprint density at radius 2 is 2.00 bits per heavy atom. The van der Waals surface area contributed by atoms with Crippen LogP contribution in [0.3, 0.4) is 0 Å². The molecule has 176 valence electrons. The lowest BCUT2D eigenvalue weighted by atomic mass is 9.55. The number of aromatic nitrogens is 3. The molecular weight excluding hydrogens is 466 g/mol. The molecule has 0 unspecified atom stereocenters. The fourth-order valence-corrected chi connectivity index (χ4v) is 4.11. The van der Waals surface area contributed by atoms with E-state index in [2.05, 4.69) is 10.1 Å². The number of pyridine rings is 1. The number of fused-ring (bicyclic) bond motifs is 2. The van der Waals surface area contributed by atoms with Crippen LogP contribution < -0.4 is 0 Å². The van der Waals surface area contributed by atoms with Crippen molar-refractivity contribution in [2.24, 2.45) is 0 Å². The number of carbonyl (C=O) groups excluding carboxylic acids is 1. The second-order valence-corrected chi connectivity index (χ2v) is 8.51. The summed E-state index contributed by atoms with van der Waals surface area (Å²) in [5.41, 5.74) is 0.681. The van der Waals surface area contributed by atoms with E-state index < -0.39 is 29.7 Å². The normalized spacial score (nSPS) is 16.6. The van der Waals surface area contributed by atoms with Crippen LogP contribution in [-0.2, 0) is 11.3 Å². The van der Waals surface area contributed by atoms with Crippen LogP contribution in [0, 0.1) is 5.82 Å². The number of hydrogen-bond donors (Lipinski definition) is 0. The monoisotopic (exact) mass is 482 g/mol. The van der Waals surface area contributed by atoms with Crippen molar-refractivity contribution in [1.29, 1.82) is 0 Å². The maximum atomic E-state index is 13.9. The molecule has 4 aromatic rings. The molecule has 0 saturated carbocycles. The van der Waals surface area contributed by atoms with Crippen LogP contribution in [0.5, 0.6) is 0 Å². The predicted octanol–water partition coefficient (Wildman–Crippen LogP) is 3.47. The van der Waals surface area contributed by atoms with Crippen molar-refractivity contribution in [2.75, 3.05) is 26.3 Å². The Morgan fingerprint density at radius 1 is 1.20 bits per heavy atom. The van der Waals surface area contributed by atoms with Crippen molar-refractivity contribution in [3.63, 3.8) is 0 Å². The van der Waals surface area contributed by atoms with Gasteiger partial charge in [0.25, 0.3) is 5.91 Å². The molecule has 1 fully saturated rings. The van der Waals surface area contributed by atoms with E-state index in [0.717, 1.165) is 4.68 Å². The quantitative estimate of drug-likeness (QED) is 0.331. The Kier molecular flexibility index (Phi) is 5.62. The first-order valence-electron chi connectivity index (χ1n) is 10.6. The molecule has 1 aliphatic heterocycles. The standard InChI is InChI=1S/C22H16B2F4N4O3/c23-21(24)9-31(3-4-34-11-21)20(33)16-6-17-14(7-29-16)19(30-32(17)10-22(26,27)28)15-8-35-18-2-1-12(25)5-13(15)18/h1-2,5-8H,3-4,9-11H2. The molecule has 4 heterocycles. The lowest BCUT2D eigenvalue weighted by Crippen LogP contribution is -2.39. The molecule has 1 aromatic carbocycles. The number of ether oxygens (including phenoxy) is 1. The summed E-state index contributed by atoms with van der Waals surface area (Å²) in [6, 6.07) is 5.07. The summed E-state index contributed by atoms with van der Waals surface area (Å²) >= 11 is 0. The smallest absolute Gasteiger partial charge is 0.408 e. The molecule has 0 aliphatic carbocycles. The molecule has 0 bridgehead atoms. The first-order chi connectivity index (χ1) is 16.5. The van der Waals surface area contributed by atoms with Crippen molar-refractivity contribution in [1.82, 2.24) is 19.7 Å². The Balaban J connectivity index is 1.62. The van der Waals surface area contributed by atoms with E-state index >= 15 is 0 Å². The van der Waals surface area contributed by atoms with Crippen molar-refractivity contribution in [3.05, 3.63) is 48.2 Å². The van der Waals surface area contributed by atoms with E-state index in [1.54, 1.807) is 0 Å². The van der Waals surface area contributed by atoms with Crippen LogP contribution >= 0.6 is 0 Å². The van der Waals surface area contributed by atoms with Crippen LogP contribution in [0.1, 0.15) is 10.5 Å². The van der Waals surface area contributed by atoms with Gasteiger partial charge in [0.05, 0.1) is 27.8 Å². The summed E-state index contributed by atoms with van der Waals surface area (Å²) in [7, 11) is 11.9. The van der Waals surface area contributed by atoms with Crippen molar-refractivity contribution < 1.29 is 31.5 Å². The van der Waals surface area contributed by atoms with E-state index in [4.69, 9.17) is 24.8 Å². The Hall–Kier alpha value is -3.34. The Morgan fingerprint density at radius 3 is 2.77 bits per heavy atom. The largest absolute Gasteiger partial charge is 0.464 e. The number of hydrogen-bond acceptors (Lipinski definition) is 5. The maximum Gasteiger partial charge on any atom is 0.408 e. The van der Waals surface area contributed by atoms with E-state index in [-0.39, 0.29) is 48.6 Å². The van der Waals surface area contributed by atoms with Gasteiger partial charge in [-0.2, -0.15) is 18.3 Å². The summed E-state index contributed by atoms with van der Waals surface area (Å²) in [6.07, 6.45) is -2.03. The highest BCUT2D eigenvalue weighted by molar-refractivity contribution is 6.40. The Labute approximate surface area is 198 Å². The van der Waals surface area contributed by atoms with Gasteiger partial charge >= 0.3 is 6.18 Å². The van der Waals surface area contributed by atoms with E-state index in [0.29, 0.717) is 16.5 Å². The second kappa shape index (κ2) is 8.40. The number of rotatable bonds is 3. The van der Waals surface area contributed by atoms with Crippen LogP contribution in [0.25, 0.3) is 33.1 Å². The zero-order chi connectivity index (χ0) is 25.0. The molecule has 13 heteroatoms. The number of halogens is 4. The highest BCUT2D eigenvalue weighted by Crippen LogP contribution is 2.36. The average Bonchev–Trinajstić information content (AvgIpc) is 3.28. The maximum absolute atomic E-state index is 13.9. The Bertz CT molecular complexity index is 1430. The number of benzene rings is 1. The lowest BCUT2D eigenvalue weighted by Gasteiger charge is -2.29. The van der Waals surface area contributed by atoms with Gasteiger partial charge in [-0.25, -0.2) is 4.39 Å². The molecule has 1 aliphatic rings. The first-order valence-corrected chi connectivity index (χ1v) is 10.6. The molecule has 1 amide bonds. The summed E-state index contributed by atoms with van der Waals surface area (Å²) in [5, 5.41) is 3.44. The highest BCUT2D eigenvalue weighted by Gasteiger charge is 2.32. The minimum atomic E-state index is -4.59. The molecule has 5 rings (SSSR count). The topological polar surface area (TPSA) is 73.4 Å². The van der Waals surface area contributed by atoms with Gasteiger partial charge in [0, 0.05) is 42.2 Å². The number of alkyl halides is 3. The second-order valence-electron chi connectivity index (χ2n) is 8.51. The molecule has 3 aromatic heterocycles. The third kappa shape index (κ3) is 4.64. The molecule has 0 spiro atoms. The van der Waals surface area contributed by atoms with Gasteiger partial charge in [0.2, 0.25) is 0 Å². The van der Waals surface area contributed by atoms with Crippen LogP contribution in [0.2, 0.25) is 5.21 Å². The van der Waals surface area contributed by atoms with Gasteiger partial charge in [-0.3, -0.25) is 14.5 Å². The van der Waals surface area contributed by atoms with Crippen LogP contribution in [0.15, 0.2) is 41.1 Å². The molecule has 35 heavy (non-hydrogen) atoms. The minimum Gasteiger partial charge on any atom is -0.464 e. The minimum absolute atomic E-state index is 0.0226. The molecule has 1 saturated heterocycles. The van der Waals surface area contributed by atoms with Gasteiger partial charge in [0.1, 0.15) is 35.6 Å². The molecule has 7 nitrogen and oxygen atoms in total. The summed E-state index contributed by atoms with van der Waals surface area (Å²) in [4.78, 5) is 18.6. The summed E-state index contributed by atoms with van der Waals surface area (Å²) in [5.74, 6) is -1.10. The van der Waals surface area contributed by atoms with Gasteiger partial charge < -0.3 is 14.1 Å². The van der Waals surface area contributed by atoms with E-state index in [1.807, 2.05) is 0 Å². The fraction of sp³-hybridized carbons (Fsp3) is 0.318. The molecule has 0 atom stereocenters. The lowest BCUT2D eigenvalue weighted by molar-refractivity contribution is -0.141. The number of amides is 1. The number of carbonyl (C=O) groups is 1. The summed E-state index contributed by atoms with van der Waals surface area (Å²) in [6.45, 7) is -0.994. The van der Waals surface area contributed by atoms with Crippen LogP contribution in [0.4, 0.5) is 17.6 Å². The van der Waals surface area contributed by atoms with E-state index in [9.17, 15) is 22.4 Å². The fourth-order valence-electron chi connectivity index (χ4n) is 4.11. The van der Waals surface area contributed by atoms with Crippen LogP contribution in [-0.4, -0.2) is 73.7 Å². The van der Waals surface area contributed by atoms with Crippen molar-refractivity contribution in [3.8, 4) is 11.3 Å². The third-order valence-electron chi connectivity index (χ3n) is 5.62. The zero-order valence-corrected chi connectivity index (χ0v) is 18.2. The van der Waals surface area contributed by atoms with Gasteiger partial charge in [-0.1, -0.05) is 5.21 Å². The van der Waals surface area contributed by atoms with Crippen molar-refractivity contribution in [2.45, 2.75) is 17.9 Å². The average molecular weight is 482 g/mol.